The Morgan fingerprint density at radius 3 is 2.41 bits per heavy atom. The number of likely N-dealkylation sites (tertiary alicyclic amines) is 1. The summed E-state index contributed by atoms with van der Waals surface area (Å²) in [5, 5.41) is 5.30. The zero-order valence-corrected chi connectivity index (χ0v) is 21.1. The van der Waals surface area contributed by atoms with E-state index in [1.807, 2.05) is 30.0 Å². The average Bonchev–Trinajstić information content (AvgIpc) is 2.80. The molecule has 0 bridgehead atoms. The van der Waals surface area contributed by atoms with Gasteiger partial charge in [0, 0.05) is 26.1 Å². The minimum atomic E-state index is -0.613. The van der Waals surface area contributed by atoms with E-state index in [1.54, 1.807) is 27.9 Å². The van der Waals surface area contributed by atoms with Crippen molar-refractivity contribution in [3.05, 3.63) is 23.8 Å². The first kappa shape index (κ1) is 27.3. The predicted molar refractivity (Wildman–Crippen MR) is 129 cm³/mol. The van der Waals surface area contributed by atoms with E-state index in [0.717, 1.165) is 18.4 Å². The normalized spacial score (nSPS) is 14.3. The first-order valence-corrected chi connectivity index (χ1v) is 11.9. The highest BCUT2D eigenvalue weighted by atomic mass is 16.6. The van der Waals surface area contributed by atoms with Gasteiger partial charge in [-0.2, -0.15) is 0 Å². The fourth-order valence-corrected chi connectivity index (χ4v) is 3.73. The van der Waals surface area contributed by atoms with E-state index in [9.17, 15) is 14.4 Å². The number of benzene rings is 1. The van der Waals surface area contributed by atoms with E-state index in [4.69, 9.17) is 14.2 Å². The summed E-state index contributed by atoms with van der Waals surface area (Å²) in [6.07, 6.45) is 2.14. The van der Waals surface area contributed by atoms with Crippen LogP contribution in [0.5, 0.6) is 11.5 Å². The Morgan fingerprint density at radius 2 is 1.79 bits per heavy atom. The first-order chi connectivity index (χ1) is 16.1. The Hall–Kier alpha value is -2.97. The number of methoxy groups -OCH3 is 1. The van der Waals surface area contributed by atoms with Crippen LogP contribution in [0.2, 0.25) is 0 Å². The van der Waals surface area contributed by atoms with Crippen LogP contribution in [0, 0.1) is 5.92 Å². The van der Waals surface area contributed by atoms with Gasteiger partial charge < -0.3 is 29.7 Å². The van der Waals surface area contributed by atoms with Crippen LogP contribution in [0.25, 0.3) is 0 Å². The molecule has 0 aromatic heterocycles. The molecule has 1 heterocycles. The van der Waals surface area contributed by atoms with Gasteiger partial charge in [-0.3, -0.25) is 9.59 Å². The van der Waals surface area contributed by atoms with Crippen LogP contribution in [-0.2, 0) is 20.7 Å². The summed E-state index contributed by atoms with van der Waals surface area (Å²) in [6.45, 7) is 9.56. The minimum Gasteiger partial charge on any atom is -0.493 e. The molecule has 9 heteroatoms. The lowest BCUT2D eigenvalue weighted by atomic mass is 9.96. The van der Waals surface area contributed by atoms with Crippen LogP contribution in [-0.4, -0.2) is 68.3 Å². The van der Waals surface area contributed by atoms with Crippen molar-refractivity contribution in [3.63, 3.8) is 0 Å². The quantitative estimate of drug-likeness (QED) is 0.537. The number of amides is 3. The molecule has 2 N–H and O–H groups in total. The molecule has 1 aliphatic heterocycles. The molecule has 1 aromatic carbocycles. The van der Waals surface area contributed by atoms with E-state index >= 15 is 0 Å². The lowest BCUT2D eigenvalue weighted by Gasteiger charge is -2.32. The fraction of sp³-hybridized carbons (Fsp3) is 0.640. The van der Waals surface area contributed by atoms with Crippen LogP contribution < -0.4 is 20.1 Å². The summed E-state index contributed by atoms with van der Waals surface area (Å²) in [5.41, 5.74) is 0.429. The maximum absolute atomic E-state index is 12.7. The third kappa shape index (κ3) is 9.49. The van der Waals surface area contributed by atoms with Gasteiger partial charge in [-0.25, -0.2) is 4.79 Å². The molecule has 9 nitrogen and oxygen atoms in total. The van der Waals surface area contributed by atoms with Gasteiger partial charge in [-0.05, 0) is 70.6 Å². The highest BCUT2D eigenvalue weighted by Gasteiger charge is 2.23. The Balaban J connectivity index is 1.67. The number of alkyl carbamates (subject to hydrolysis) is 1. The molecule has 190 valence electrons. The van der Waals surface area contributed by atoms with E-state index in [1.165, 1.54) is 0 Å². The molecule has 1 aromatic rings. The zero-order valence-electron chi connectivity index (χ0n) is 21.1. The molecule has 0 unspecified atom stereocenters. The SMILES string of the molecule is CCOc1ccc(CCC(=O)N2CCC(CNC(=O)CNC(=O)OC(C)(C)C)CC2)cc1OC. The highest BCUT2D eigenvalue weighted by Crippen LogP contribution is 2.28. The van der Waals surface area contributed by atoms with Gasteiger partial charge in [0.15, 0.2) is 11.5 Å². The summed E-state index contributed by atoms with van der Waals surface area (Å²) in [7, 11) is 1.61. The number of aryl methyl sites for hydroxylation is 1. The molecule has 0 spiro atoms. The number of nitrogens with one attached hydrogen (secondary N) is 2. The predicted octanol–water partition coefficient (Wildman–Crippen LogP) is 2.91. The van der Waals surface area contributed by atoms with Crippen molar-refractivity contribution in [1.29, 1.82) is 0 Å². The minimum absolute atomic E-state index is 0.122. The van der Waals surface area contributed by atoms with Crippen molar-refractivity contribution in [2.75, 3.05) is 39.9 Å². The molecule has 34 heavy (non-hydrogen) atoms. The van der Waals surface area contributed by atoms with Crippen molar-refractivity contribution >= 4 is 17.9 Å². The van der Waals surface area contributed by atoms with Gasteiger partial charge in [-0.15, -0.1) is 0 Å². The largest absolute Gasteiger partial charge is 0.493 e. The Labute approximate surface area is 202 Å². The topological polar surface area (TPSA) is 106 Å². The third-order valence-corrected chi connectivity index (χ3v) is 5.50. The lowest BCUT2D eigenvalue weighted by molar-refractivity contribution is -0.132. The van der Waals surface area contributed by atoms with Gasteiger partial charge in [0.1, 0.15) is 5.60 Å². The maximum atomic E-state index is 12.7. The molecule has 1 fully saturated rings. The summed E-state index contributed by atoms with van der Waals surface area (Å²) in [5.74, 6) is 1.57. The summed E-state index contributed by atoms with van der Waals surface area (Å²) < 4.78 is 16.0. The van der Waals surface area contributed by atoms with Crippen LogP contribution in [0.15, 0.2) is 18.2 Å². The summed E-state index contributed by atoms with van der Waals surface area (Å²) in [4.78, 5) is 38.2. The summed E-state index contributed by atoms with van der Waals surface area (Å²) in [6, 6.07) is 5.77. The van der Waals surface area contributed by atoms with Gasteiger partial charge in [0.2, 0.25) is 11.8 Å². The number of ether oxygens (including phenoxy) is 3. The Bertz CT molecular complexity index is 828. The molecule has 0 aliphatic carbocycles. The standard InChI is InChI=1S/C25H39N3O6/c1-6-33-20-9-7-18(15-21(20)32-5)8-10-23(30)28-13-11-19(12-14-28)16-26-22(29)17-27-24(31)34-25(2,3)4/h7,9,15,19H,6,8,10-14,16-17H2,1-5H3,(H,26,29)(H,27,31). The van der Waals surface area contributed by atoms with E-state index < -0.39 is 11.7 Å². The summed E-state index contributed by atoms with van der Waals surface area (Å²) >= 11 is 0. The number of nitrogens with zero attached hydrogens (tertiary/aromatic N) is 1. The van der Waals surface area contributed by atoms with Crippen molar-refractivity contribution in [1.82, 2.24) is 15.5 Å². The highest BCUT2D eigenvalue weighted by molar-refractivity contribution is 5.82. The van der Waals surface area contributed by atoms with Gasteiger partial charge >= 0.3 is 6.09 Å². The van der Waals surface area contributed by atoms with Crippen molar-refractivity contribution < 1.29 is 28.6 Å². The monoisotopic (exact) mass is 477 g/mol. The smallest absolute Gasteiger partial charge is 0.408 e. The van der Waals surface area contributed by atoms with Crippen LogP contribution in [0.1, 0.15) is 52.5 Å². The molecule has 1 aliphatic rings. The number of piperidine rings is 1. The molecule has 0 atom stereocenters. The van der Waals surface area contributed by atoms with Crippen LogP contribution >= 0.6 is 0 Å². The molecule has 3 amide bonds. The number of hydrogen-bond donors (Lipinski definition) is 2. The lowest BCUT2D eigenvalue weighted by Crippen LogP contribution is -2.44. The Morgan fingerprint density at radius 1 is 1.09 bits per heavy atom. The second-order valence-electron chi connectivity index (χ2n) is 9.40. The van der Waals surface area contributed by atoms with Crippen LogP contribution in [0.3, 0.4) is 0 Å². The van der Waals surface area contributed by atoms with E-state index in [-0.39, 0.29) is 18.4 Å². The Kier molecular flexibility index (Phi) is 10.5. The second-order valence-corrected chi connectivity index (χ2v) is 9.40. The molecule has 1 saturated heterocycles. The second kappa shape index (κ2) is 13.1. The van der Waals surface area contributed by atoms with Crippen molar-refractivity contribution in [2.45, 2.75) is 59.0 Å². The molecule has 0 radical (unpaired) electrons. The van der Waals surface area contributed by atoms with E-state index in [2.05, 4.69) is 10.6 Å². The molecular weight excluding hydrogens is 438 g/mol. The number of rotatable bonds is 10. The first-order valence-electron chi connectivity index (χ1n) is 11.9. The molecule has 0 saturated carbocycles. The maximum Gasteiger partial charge on any atom is 0.408 e. The number of hydrogen-bond acceptors (Lipinski definition) is 6. The number of carbonyl (C=O) groups is 3. The molecular formula is C25H39N3O6. The van der Waals surface area contributed by atoms with Crippen molar-refractivity contribution in [3.8, 4) is 11.5 Å². The van der Waals surface area contributed by atoms with Gasteiger partial charge in [0.25, 0.3) is 0 Å². The van der Waals surface area contributed by atoms with E-state index in [0.29, 0.717) is 56.5 Å². The van der Waals surface area contributed by atoms with Crippen LogP contribution in [0.4, 0.5) is 4.79 Å². The van der Waals surface area contributed by atoms with Gasteiger partial charge in [0.05, 0.1) is 20.3 Å². The fourth-order valence-electron chi connectivity index (χ4n) is 3.73. The number of carbonyl (C=O) groups excluding carboxylic acids is 3. The molecule has 2 rings (SSSR count). The average molecular weight is 478 g/mol. The zero-order chi connectivity index (χ0) is 25.1. The van der Waals surface area contributed by atoms with Gasteiger partial charge in [-0.1, -0.05) is 6.07 Å². The van der Waals surface area contributed by atoms with Crippen molar-refractivity contribution in [2.24, 2.45) is 5.92 Å². The third-order valence-electron chi connectivity index (χ3n) is 5.50.